The standard InChI is InChI=1S/Mn.O.Ti.V. The van der Waals surface area contributed by atoms with Crippen molar-refractivity contribution in [1.29, 1.82) is 0 Å². The third kappa shape index (κ3) is 9.47. The first-order chi connectivity index (χ1) is 1.00. The van der Waals surface area contributed by atoms with Crippen LogP contribution in [-0.4, -0.2) is 0 Å². The van der Waals surface area contributed by atoms with Crippen LogP contribution in [0.3, 0.4) is 0 Å². The van der Waals surface area contributed by atoms with Gasteiger partial charge in [0.1, 0.15) is 0 Å². The molecule has 2 radical (unpaired) electrons. The SMILES string of the molecule is [Mn].[O]=[Ti].[V]. The zero-order valence-electron chi connectivity index (χ0n) is 1.73. The molecule has 0 aromatic carbocycles. The average molecular weight is 170 g/mol. The van der Waals surface area contributed by atoms with Gasteiger partial charge in [-0.1, -0.05) is 0 Å². The first-order valence-electron chi connectivity index (χ1n) is 0.204. The van der Waals surface area contributed by atoms with Gasteiger partial charge in [0, 0.05) is 35.6 Å². The summed E-state index contributed by atoms with van der Waals surface area (Å²) in [4.78, 5) is 0. The normalized spacial score (nSPS) is 0.750. The van der Waals surface area contributed by atoms with Crippen LogP contribution < -0.4 is 0 Å². The molecule has 0 spiro atoms. The Bertz CT molecular complexity index is 8.00. The van der Waals surface area contributed by atoms with Crippen LogP contribution in [0.25, 0.3) is 0 Å². The van der Waals surface area contributed by atoms with Gasteiger partial charge in [0.15, 0.2) is 0 Å². The van der Waals surface area contributed by atoms with Gasteiger partial charge in [0.25, 0.3) is 0 Å². The van der Waals surface area contributed by atoms with E-state index in [1.54, 1.807) is 0 Å². The Labute approximate surface area is 59.0 Å². The minimum atomic E-state index is 0. The van der Waals surface area contributed by atoms with Crippen molar-refractivity contribution >= 4 is 0 Å². The first-order valence-corrected chi connectivity index (χ1v) is 0.842. The van der Waals surface area contributed by atoms with Gasteiger partial charge < -0.3 is 0 Å². The number of rotatable bonds is 0. The second-order valence-electron chi connectivity index (χ2n) is 0. The Balaban J connectivity index is -0.00000000500. The van der Waals surface area contributed by atoms with Crippen LogP contribution in [0.1, 0.15) is 0 Å². The second-order valence-corrected chi connectivity index (χ2v) is 0. The predicted octanol–water partition coefficient (Wildman–Crippen LogP) is -0.126. The molecular formula is MnOTiV. The molecule has 0 heterocycles. The van der Waals surface area contributed by atoms with Crippen molar-refractivity contribution in [3.8, 4) is 0 Å². The van der Waals surface area contributed by atoms with Crippen molar-refractivity contribution in [2.24, 2.45) is 0 Å². The molecule has 0 atom stereocenters. The molecule has 0 aliphatic heterocycles. The average Bonchev–Trinajstić information content (AvgIpc) is 1.00. The first kappa shape index (κ1) is 17.5. The van der Waals surface area contributed by atoms with Crippen LogP contribution in [0, 0.1) is 0 Å². The van der Waals surface area contributed by atoms with Crippen LogP contribution in [-0.2, 0) is 59.4 Å². The monoisotopic (exact) mass is 170 g/mol. The fourth-order valence-electron chi connectivity index (χ4n) is 0. The molecule has 22 valence electrons. The van der Waals surface area contributed by atoms with Gasteiger partial charge in [0.05, 0.1) is 0 Å². The largest absolute Gasteiger partial charge is 0 e. The molecule has 0 aromatic heterocycles. The zero-order chi connectivity index (χ0) is 2.00. The Kier molecular flexibility index (Phi) is 101. The summed E-state index contributed by atoms with van der Waals surface area (Å²) in [5.74, 6) is 0. The van der Waals surface area contributed by atoms with E-state index in [4.69, 9.17) is 3.32 Å². The van der Waals surface area contributed by atoms with Gasteiger partial charge in [-0.2, -0.15) is 0 Å². The maximum atomic E-state index is 8.25. The van der Waals surface area contributed by atoms with Gasteiger partial charge in [-0.05, 0) is 0 Å². The van der Waals surface area contributed by atoms with Crippen molar-refractivity contribution in [1.82, 2.24) is 0 Å². The Morgan fingerprint density at radius 3 is 1.25 bits per heavy atom. The third-order valence-electron chi connectivity index (χ3n) is 0. The fourth-order valence-corrected chi connectivity index (χ4v) is 0. The van der Waals surface area contributed by atoms with Crippen molar-refractivity contribution < 1.29 is 59.4 Å². The predicted molar refractivity (Wildman–Crippen MR) is 0.686 cm³/mol. The van der Waals surface area contributed by atoms with E-state index >= 15 is 0 Å². The molecule has 0 rings (SSSR count). The summed E-state index contributed by atoms with van der Waals surface area (Å²) in [5.41, 5.74) is 0. The molecule has 0 N–H and O–H groups in total. The molecule has 0 fully saturated rings. The molecule has 0 saturated heterocycles. The quantitative estimate of drug-likeness (QED) is 0.462. The summed E-state index contributed by atoms with van der Waals surface area (Å²) in [6.45, 7) is 0. The minimum Gasteiger partial charge on any atom is 0 e. The summed E-state index contributed by atoms with van der Waals surface area (Å²) in [7, 11) is 0. The van der Waals surface area contributed by atoms with Gasteiger partial charge in [-0.25, -0.2) is 0 Å². The van der Waals surface area contributed by atoms with Crippen molar-refractivity contribution in [2.45, 2.75) is 0 Å². The Morgan fingerprint density at radius 2 is 1.25 bits per heavy atom. The molecule has 4 heavy (non-hydrogen) atoms. The molecule has 0 amide bonds. The van der Waals surface area contributed by atoms with Crippen LogP contribution in [0.2, 0.25) is 0 Å². The van der Waals surface area contributed by atoms with Gasteiger partial charge >= 0.3 is 23.7 Å². The van der Waals surface area contributed by atoms with Gasteiger partial charge in [0.2, 0.25) is 0 Å². The molecule has 1 nitrogen and oxygen atoms in total. The van der Waals surface area contributed by atoms with E-state index in [9.17, 15) is 0 Å². The van der Waals surface area contributed by atoms with E-state index in [0.29, 0.717) is 0 Å². The Morgan fingerprint density at radius 1 is 1.25 bits per heavy atom. The summed E-state index contributed by atoms with van der Waals surface area (Å²) in [6.07, 6.45) is 0. The smallest absolute Gasteiger partial charge is 0 e. The third-order valence-corrected chi connectivity index (χ3v) is 0. The minimum absolute atomic E-state index is 0. The van der Waals surface area contributed by atoms with E-state index in [2.05, 4.69) is 0 Å². The molecule has 0 bridgehead atoms. The van der Waals surface area contributed by atoms with Gasteiger partial charge in [-0.3, -0.25) is 0 Å². The van der Waals surface area contributed by atoms with Crippen LogP contribution in [0.4, 0.5) is 0 Å². The molecule has 0 aliphatic rings. The van der Waals surface area contributed by atoms with Crippen molar-refractivity contribution in [2.75, 3.05) is 0 Å². The van der Waals surface area contributed by atoms with Crippen LogP contribution in [0.5, 0.6) is 0 Å². The van der Waals surface area contributed by atoms with E-state index in [0.717, 1.165) is 20.4 Å². The maximum absolute atomic E-state index is 8.25. The van der Waals surface area contributed by atoms with Gasteiger partial charge in [-0.15, -0.1) is 0 Å². The van der Waals surface area contributed by atoms with Crippen LogP contribution in [0.15, 0.2) is 0 Å². The molecule has 4 heteroatoms. The molecule has 0 saturated carbocycles. The maximum Gasteiger partial charge on any atom is 0 e. The number of hydrogen-bond acceptors (Lipinski definition) is 1. The Hall–Kier alpha value is 1.62. The summed E-state index contributed by atoms with van der Waals surface area (Å²) < 4.78 is 8.25. The fraction of sp³-hybridized carbons (Fsp3) is 0. The number of hydrogen-bond donors (Lipinski definition) is 0. The topological polar surface area (TPSA) is 17.1 Å². The van der Waals surface area contributed by atoms with E-state index in [1.807, 2.05) is 0 Å². The van der Waals surface area contributed by atoms with E-state index < -0.39 is 0 Å². The van der Waals surface area contributed by atoms with E-state index in [-0.39, 0.29) is 35.6 Å². The summed E-state index contributed by atoms with van der Waals surface area (Å²) in [5, 5.41) is 0. The van der Waals surface area contributed by atoms with E-state index in [1.165, 1.54) is 0 Å². The summed E-state index contributed by atoms with van der Waals surface area (Å²) in [6, 6.07) is 0. The zero-order valence-corrected chi connectivity index (χ0v) is 5.87. The summed E-state index contributed by atoms with van der Waals surface area (Å²) >= 11 is 0.750. The van der Waals surface area contributed by atoms with Crippen molar-refractivity contribution in [3.05, 3.63) is 0 Å². The molecular weight excluding hydrogens is 170 g/mol. The molecule has 0 aromatic rings. The molecule has 0 aliphatic carbocycles. The van der Waals surface area contributed by atoms with Crippen molar-refractivity contribution in [3.63, 3.8) is 0 Å². The molecule has 0 unspecified atom stereocenters. The van der Waals surface area contributed by atoms with Crippen LogP contribution >= 0.6 is 0 Å². The second kappa shape index (κ2) is 23.1.